The summed E-state index contributed by atoms with van der Waals surface area (Å²) in [6.45, 7) is 0.604. The predicted octanol–water partition coefficient (Wildman–Crippen LogP) is 3.68. The molecular formula is C24H26N2O5S2. The molecule has 0 bridgehead atoms. The highest BCUT2D eigenvalue weighted by molar-refractivity contribution is 8.20. The monoisotopic (exact) mass is 486 g/mol. The van der Waals surface area contributed by atoms with E-state index in [-0.39, 0.29) is 29.9 Å². The van der Waals surface area contributed by atoms with E-state index in [0.29, 0.717) is 6.54 Å². The van der Waals surface area contributed by atoms with Gasteiger partial charge in [0.15, 0.2) is 0 Å². The van der Waals surface area contributed by atoms with Gasteiger partial charge in [0, 0.05) is 30.4 Å². The van der Waals surface area contributed by atoms with E-state index >= 15 is 0 Å². The summed E-state index contributed by atoms with van der Waals surface area (Å²) in [4.78, 5) is 36.2. The molecular weight excluding hydrogens is 460 g/mol. The number of thioether (sulfide) groups is 2. The van der Waals surface area contributed by atoms with E-state index in [2.05, 4.69) is 22.8 Å². The molecule has 1 fully saturated rings. The van der Waals surface area contributed by atoms with Gasteiger partial charge in [0.25, 0.3) is 0 Å². The van der Waals surface area contributed by atoms with E-state index in [9.17, 15) is 14.4 Å². The summed E-state index contributed by atoms with van der Waals surface area (Å²) in [5.74, 6) is 0.588. The van der Waals surface area contributed by atoms with Crippen molar-refractivity contribution in [3.8, 4) is 11.1 Å². The van der Waals surface area contributed by atoms with Gasteiger partial charge >= 0.3 is 12.1 Å². The van der Waals surface area contributed by atoms with Gasteiger partial charge in [-0.05, 0) is 28.7 Å². The van der Waals surface area contributed by atoms with Gasteiger partial charge in [-0.25, -0.2) is 4.79 Å². The topological polar surface area (TPSA) is 105 Å². The van der Waals surface area contributed by atoms with Crippen LogP contribution in [0.1, 0.15) is 29.9 Å². The molecule has 1 atom stereocenters. The summed E-state index contributed by atoms with van der Waals surface area (Å²) in [6.07, 6.45) is -0.961. The minimum atomic E-state index is -1.02. The van der Waals surface area contributed by atoms with Crippen LogP contribution in [0.3, 0.4) is 0 Å². The predicted molar refractivity (Wildman–Crippen MR) is 131 cm³/mol. The van der Waals surface area contributed by atoms with Crippen LogP contribution < -0.4 is 10.6 Å². The van der Waals surface area contributed by atoms with Crippen molar-refractivity contribution < 1.29 is 24.2 Å². The van der Waals surface area contributed by atoms with Gasteiger partial charge in [-0.2, -0.15) is 0 Å². The van der Waals surface area contributed by atoms with Crippen molar-refractivity contribution in [1.82, 2.24) is 10.6 Å². The van der Waals surface area contributed by atoms with Crippen molar-refractivity contribution in [1.29, 1.82) is 0 Å². The largest absolute Gasteiger partial charge is 0.481 e. The van der Waals surface area contributed by atoms with Crippen molar-refractivity contribution >= 4 is 41.5 Å². The minimum Gasteiger partial charge on any atom is -0.481 e. The molecule has 4 rings (SSSR count). The molecule has 3 N–H and O–H groups in total. The highest BCUT2D eigenvalue weighted by atomic mass is 32.2. The van der Waals surface area contributed by atoms with Crippen LogP contribution >= 0.6 is 23.5 Å². The Morgan fingerprint density at radius 2 is 1.61 bits per heavy atom. The lowest BCUT2D eigenvalue weighted by Crippen LogP contribution is -2.48. The van der Waals surface area contributed by atoms with Crippen LogP contribution in [0.4, 0.5) is 4.79 Å². The number of carboxylic acids is 1. The molecule has 1 unspecified atom stereocenters. The average molecular weight is 487 g/mol. The van der Waals surface area contributed by atoms with Crippen LogP contribution in [0.2, 0.25) is 0 Å². The lowest BCUT2D eigenvalue weighted by atomic mass is 9.98. The number of hydrogen-bond donors (Lipinski definition) is 3. The number of nitrogens with one attached hydrogen (secondary N) is 2. The Morgan fingerprint density at radius 3 is 2.21 bits per heavy atom. The fraction of sp³-hybridized carbons (Fsp3) is 0.375. The minimum absolute atomic E-state index is 0.00366. The first-order chi connectivity index (χ1) is 16.0. The molecule has 33 heavy (non-hydrogen) atoms. The molecule has 1 aliphatic carbocycles. The van der Waals surface area contributed by atoms with E-state index in [4.69, 9.17) is 9.84 Å². The van der Waals surface area contributed by atoms with E-state index < -0.39 is 24.0 Å². The maximum Gasteiger partial charge on any atom is 0.407 e. The second-order valence-corrected chi connectivity index (χ2v) is 10.8. The van der Waals surface area contributed by atoms with Gasteiger partial charge in [0.2, 0.25) is 5.91 Å². The maximum atomic E-state index is 12.6. The van der Waals surface area contributed by atoms with Gasteiger partial charge < -0.3 is 20.5 Å². The van der Waals surface area contributed by atoms with Crippen LogP contribution in [-0.4, -0.2) is 58.4 Å². The lowest BCUT2D eigenvalue weighted by Gasteiger charge is -2.20. The molecule has 1 aliphatic heterocycles. The van der Waals surface area contributed by atoms with Crippen molar-refractivity contribution in [2.24, 2.45) is 0 Å². The summed E-state index contributed by atoms with van der Waals surface area (Å²) >= 11 is 3.56. The zero-order chi connectivity index (χ0) is 23.2. The zero-order valence-corrected chi connectivity index (χ0v) is 19.6. The second-order valence-electron chi connectivity index (χ2n) is 7.87. The van der Waals surface area contributed by atoms with Crippen molar-refractivity contribution in [2.45, 2.75) is 29.4 Å². The fourth-order valence-electron chi connectivity index (χ4n) is 4.15. The first kappa shape index (κ1) is 23.5. The van der Waals surface area contributed by atoms with E-state index in [1.54, 1.807) is 23.5 Å². The standard InChI is InChI=1S/C24H26N2O5S2/c27-21(28)10-9-20(23(29)25-13-22-32-11-12-33-22)26-24(30)31-14-19-17-7-3-1-5-15(17)16-6-2-4-8-18(16)19/h1-8,19-20,22H,9-14H2,(H,25,29)(H,26,30)(H,27,28). The molecule has 2 amide bonds. The summed E-state index contributed by atoms with van der Waals surface area (Å²) in [6, 6.07) is 15.1. The Labute approximate surface area is 201 Å². The number of benzene rings is 2. The number of carboxylic acid groups (broad SMARTS) is 1. The summed E-state index contributed by atoms with van der Waals surface area (Å²) in [5, 5.41) is 14.4. The molecule has 2 aromatic rings. The first-order valence-corrected chi connectivity index (χ1v) is 13.0. The Hall–Kier alpha value is -2.65. The first-order valence-electron chi connectivity index (χ1n) is 10.9. The number of aliphatic carboxylic acids is 1. The highest BCUT2D eigenvalue weighted by Gasteiger charge is 2.30. The smallest absolute Gasteiger partial charge is 0.407 e. The number of fused-ring (bicyclic) bond motifs is 3. The number of carbonyl (C=O) groups is 3. The van der Waals surface area contributed by atoms with Crippen LogP contribution in [0, 0.1) is 0 Å². The molecule has 2 aromatic carbocycles. The summed E-state index contributed by atoms with van der Waals surface area (Å²) in [7, 11) is 0. The Kier molecular flexibility index (Phi) is 7.82. The quantitative estimate of drug-likeness (QED) is 0.497. The van der Waals surface area contributed by atoms with Crippen molar-refractivity contribution in [2.75, 3.05) is 24.7 Å². The van der Waals surface area contributed by atoms with Gasteiger partial charge in [-0.15, -0.1) is 23.5 Å². The van der Waals surface area contributed by atoms with Crippen LogP contribution in [0.5, 0.6) is 0 Å². The number of rotatable bonds is 9. The molecule has 0 aromatic heterocycles. The van der Waals surface area contributed by atoms with Gasteiger partial charge in [-0.1, -0.05) is 48.5 Å². The molecule has 174 valence electrons. The van der Waals surface area contributed by atoms with Crippen molar-refractivity contribution in [3.63, 3.8) is 0 Å². The van der Waals surface area contributed by atoms with Crippen LogP contribution in [-0.2, 0) is 14.3 Å². The number of carbonyl (C=O) groups excluding carboxylic acids is 2. The highest BCUT2D eigenvalue weighted by Crippen LogP contribution is 2.44. The molecule has 0 spiro atoms. The average Bonchev–Trinajstić information content (AvgIpc) is 3.45. The number of hydrogen-bond acceptors (Lipinski definition) is 6. The Morgan fingerprint density at radius 1 is 1.00 bits per heavy atom. The normalized spacial score (nSPS) is 16.0. The number of amides is 2. The molecule has 0 saturated carbocycles. The maximum absolute atomic E-state index is 12.6. The SMILES string of the molecule is O=C(O)CCC(NC(=O)OCC1c2ccccc2-c2ccccc21)C(=O)NCC1SCCS1. The van der Waals surface area contributed by atoms with E-state index in [1.807, 2.05) is 36.4 Å². The Balaban J connectivity index is 1.37. The second kappa shape index (κ2) is 11.0. The number of ether oxygens (including phenoxy) is 1. The Bertz CT molecular complexity index is 980. The van der Waals surface area contributed by atoms with Gasteiger partial charge in [0.05, 0.1) is 4.58 Å². The number of alkyl carbamates (subject to hydrolysis) is 1. The third-order valence-corrected chi connectivity index (χ3v) is 8.76. The molecule has 0 radical (unpaired) electrons. The van der Waals surface area contributed by atoms with Crippen molar-refractivity contribution in [3.05, 3.63) is 59.7 Å². The molecule has 9 heteroatoms. The third kappa shape index (κ3) is 5.83. The molecule has 7 nitrogen and oxygen atoms in total. The fourth-order valence-corrected chi connectivity index (χ4v) is 6.81. The molecule has 2 aliphatic rings. The van der Waals surface area contributed by atoms with Crippen LogP contribution in [0.15, 0.2) is 48.5 Å². The molecule has 1 heterocycles. The summed E-state index contributed by atoms with van der Waals surface area (Å²) in [5.41, 5.74) is 4.45. The van der Waals surface area contributed by atoms with Crippen LogP contribution in [0.25, 0.3) is 11.1 Å². The van der Waals surface area contributed by atoms with Gasteiger partial charge in [0.1, 0.15) is 12.6 Å². The summed E-state index contributed by atoms with van der Waals surface area (Å²) < 4.78 is 5.80. The van der Waals surface area contributed by atoms with Gasteiger partial charge in [-0.3, -0.25) is 9.59 Å². The third-order valence-electron chi connectivity index (χ3n) is 5.73. The van der Waals surface area contributed by atoms with E-state index in [1.165, 1.54) is 0 Å². The zero-order valence-electron chi connectivity index (χ0n) is 18.0. The molecule has 1 saturated heterocycles. The lowest BCUT2D eigenvalue weighted by molar-refractivity contribution is -0.137. The van der Waals surface area contributed by atoms with E-state index in [0.717, 1.165) is 33.8 Å².